The first kappa shape index (κ1) is 15.9. The van der Waals surface area contributed by atoms with E-state index in [4.69, 9.17) is 9.47 Å². The quantitative estimate of drug-likeness (QED) is 0.873. The van der Waals surface area contributed by atoms with E-state index in [2.05, 4.69) is 17.6 Å². The SMILES string of the molecule is CC1(NC(=O)c2cccc3c2OCCO3)CCNCC1.Cl. The fourth-order valence-electron chi connectivity index (χ4n) is 2.70. The van der Waals surface area contributed by atoms with Crippen LogP contribution >= 0.6 is 12.4 Å². The molecule has 0 spiro atoms. The highest BCUT2D eigenvalue weighted by Gasteiger charge is 2.30. The second-order valence-corrected chi connectivity index (χ2v) is 5.59. The standard InChI is InChI=1S/C15H20N2O3.ClH/c1-15(5-7-16-8-6-15)17-14(18)11-3-2-4-12-13(11)20-10-9-19-12;/h2-4,16H,5-10H2,1H3,(H,17,18);1H. The Hall–Kier alpha value is -1.46. The van der Waals surface area contributed by atoms with Gasteiger partial charge in [0.25, 0.3) is 5.91 Å². The summed E-state index contributed by atoms with van der Waals surface area (Å²) >= 11 is 0. The number of fused-ring (bicyclic) bond motifs is 1. The van der Waals surface area contributed by atoms with Gasteiger partial charge in [0, 0.05) is 5.54 Å². The summed E-state index contributed by atoms with van der Waals surface area (Å²) in [6, 6.07) is 5.44. The number of rotatable bonds is 2. The maximum Gasteiger partial charge on any atom is 0.255 e. The first-order valence-electron chi connectivity index (χ1n) is 7.10. The van der Waals surface area contributed by atoms with E-state index in [0.717, 1.165) is 25.9 Å². The number of para-hydroxylation sites is 1. The monoisotopic (exact) mass is 312 g/mol. The summed E-state index contributed by atoms with van der Waals surface area (Å²) in [5.74, 6) is 1.13. The molecule has 2 aliphatic heterocycles. The lowest BCUT2D eigenvalue weighted by molar-refractivity contribution is 0.0877. The van der Waals surface area contributed by atoms with Crippen LogP contribution in [0.5, 0.6) is 11.5 Å². The lowest BCUT2D eigenvalue weighted by Crippen LogP contribution is -2.52. The normalized spacial score (nSPS) is 19.3. The maximum absolute atomic E-state index is 12.5. The molecular weight excluding hydrogens is 292 g/mol. The van der Waals surface area contributed by atoms with Crippen molar-refractivity contribution in [1.29, 1.82) is 0 Å². The van der Waals surface area contributed by atoms with Crippen molar-refractivity contribution in [2.24, 2.45) is 0 Å². The second kappa shape index (κ2) is 6.54. The Bertz CT molecular complexity index is 516. The summed E-state index contributed by atoms with van der Waals surface area (Å²) in [4.78, 5) is 12.5. The zero-order valence-corrected chi connectivity index (χ0v) is 12.9. The zero-order valence-electron chi connectivity index (χ0n) is 12.1. The van der Waals surface area contributed by atoms with Crippen LogP contribution in [0, 0.1) is 0 Å². The van der Waals surface area contributed by atoms with Gasteiger partial charge in [-0.25, -0.2) is 0 Å². The molecule has 1 aromatic rings. The topological polar surface area (TPSA) is 59.6 Å². The number of amides is 1. The van der Waals surface area contributed by atoms with E-state index in [-0.39, 0.29) is 23.9 Å². The first-order chi connectivity index (χ1) is 9.68. The van der Waals surface area contributed by atoms with E-state index < -0.39 is 0 Å². The molecule has 1 amide bonds. The highest BCUT2D eigenvalue weighted by molar-refractivity contribution is 5.98. The average molecular weight is 313 g/mol. The van der Waals surface area contributed by atoms with Gasteiger partial charge in [-0.3, -0.25) is 4.79 Å². The van der Waals surface area contributed by atoms with Crippen LogP contribution in [-0.4, -0.2) is 37.7 Å². The molecule has 0 unspecified atom stereocenters. The van der Waals surface area contributed by atoms with Crippen molar-refractivity contribution in [3.05, 3.63) is 23.8 Å². The van der Waals surface area contributed by atoms with Gasteiger partial charge in [0.05, 0.1) is 5.56 Å². The molecule has 0 radical (unpaired) electrons. The third-order valence-corrected chi connectivity index (χ3v) is 3.93. The van der Waals surface area contributed by atoms with Crippen molar-refractivity contribution in [2.45, 2.75) is 25.3 Å². The van der Waals surface area contributed by atoms with Crippen LogP contribution in [0.2, 0.25) is 0 Å². The molecule has 1 saturated heterocycles. The number of carbonyl (C=O) groups is 1. The van der Waals surface area contributed by atoms with Crippen molar-refractivity contribution in [3.8, 4) is 11.5 Å². The third-order valence-electron chi connectivity index (χ3n) is 3.93. The van der Waals surface area contributed by atoms with Gasteiger partial charge in [-0.1, -0.05) is 6.07 Å². The van der Waals surface area contributed by atoms with E-state index in [1.54, 1.807) is 6.07 Å². The predicted octanol–water partition coefficient (Wildman–Crippen LogP) is 1.75. The molecule has 21 heavy (non-hydrogen) atoms. The van der Waals surface area contributed by atoms with Crippen LogP contribution in [0.1, 0.15) is 30.1 Å². The van der Waals surface area contributed by atoms with Gasteiger partial charge < -0.3 is 20.1 Å². The van der Waals surface area contributed by atoms with Crippen LogP contribution in [0.15, 0.2) is 18.2 Å². The molecular formula is C15H21ClN2O3. The van der Waals surface area contributed by atoms with E-state index in [1.807, 2.05) is 12.1 Å². The minimum Gasteiger partial charge on any atom is -0.486 e. The summed E-state index contributed by atoms with van der Waals surface area (Å²) in [6.07, 6.45) is 1.87. The minimum atomic E-state index is -0.152. The fourth-order valence-corrected chi connectivity index (χ4v) is 2.70. The summed E-state index contributed by atoms with van der Waals surface area (Å²) < 4.78 is 11.1. The summed E-state index contributed by atoms with van der Waals surface area (Å²) in [5.41, 5.74) is 0.405. The average Bonchev–Trinajstić information content (AvgIpc) is 2.47. The third kappa shape index (κ3) is 3.41. The van der Waals surface area contributed by atoms with E-state index in [1.165, 1.54) is 0 Å². The van der Waals surface area contributed by atoms with Crippen LogP contribution in [-0.2, 0) is 0 Å². The summed E-state index contributed by atoms with van der Waals surface area (Å²) in [7, 11) is 0. The van der Waals surface area contributed by atoms with E-state index >= 15 is 0 Å². The maximum atomic E-state index is 12.5. The summed E-state index contributed by atoms with van der Waals surface area (Å²) in [6.45, 7) is 4.98. The molecule has 0 aromatic heterocycles. The Morgan fingerprint density at radius 3 is 2.71 bits per heavy atom. The minimum absolute atomic E-state index is 0. The Morgan fingerprint density at radius 2 is 1.95 bits per heavy atom. The molecule has 2 N–H and O–H groups in total. The highest BCUT2D eigenvalue weighted by atomic mass is 35.5. The molecule has 2 heterocycles. The fraction of sp³-hybridized carbons (Fsp3) is 0.533. The molecule has 5 nitrogen and oxygen atoms in total. The molecule has 0 atom stereocenters. The van der Waals surface area contributed by atoms with Crippen molar-refractivity contribution in [1.82, 2.24) is 10.6 Å². The largest absolute Gasteiger partial charge is 0.486 e. The lowest BCUT2D eigenvalue weighted by Gasteiger charge is -2.35. The van der Waals surface area contributed by atoms with Gasteiger partial charge in [0.2, 0.25) is 0 Å². The number of ether oxygens (including phenoxy) is 2. The number of halogens is 1. The highest BCUT2D eigenvalue weighted by Crippen LogP contribution is 2.34. The van der Waals surface area contributed by atoms with Crippen LogP contribution in [0.25, 0.3) is 0 Å². The van der Waals surface area contributed by atoms with Crippen molar-refractivity contribution < 1.29 is 14.3 Å². The van der Waals surface area contributed by atoms with E-state index in [9.17, 15) is 4.79 Å². The number of hydrogen-bond acceptors (Lipinski definition) is 4. The van der Waals surface area contributed by atoms with Crippen LogP contribution in [0.4, 0.5) is 0 Å². The smallest absolute Gasteiger partial charge is 0.255 e. The zero-order chi connectivity index (χ0) is 14.0. The van der Waals surface area contributed by atoms with Gasteiger partial charge in [-0.05, 0) is 45.0 Å². The number of nitrogens with one attached hydrogen (secondary N) is 2. The van der Waals surface area contributed by atoms with Gasteiger partial charge in [-0.15, -0.1) is 12.4 Å². The van der Waals surface area contributed by atoms with Crippen LogP contribution in [0.3, 0.4) is 0 Å². The molecule has 0 bridgehead atoms. The predicted molar refractivity (Wildman–Crippen MR) is 82.7 cm³/mol. The molecule has 3 rings (SSSR count). The van der Waals surface area contributed by atoms with Gasteiger partial charge in [0.1, 0.15) is 13.2 Å². The van der Waals surface area contributed by atoms with Crippen LogP contribution < -0.4 is 20.1 Å². The van der Waals surface area contributed by atoms with Gasteiger partial charge in [-0.2, -0.15) is 0 Å². The number of piperidine rings is 1. The molecule has 6 heteroatoms. The molecule has 1 fully saturated rings. The summed E-state index contributed by atoms with van der Waals surface area (Å²) in [5, 5.41) is 6.45. The Kier molecular flexibility index (Phi) is 4.96. The lowest BCUT2D eigenvalue weighted by atomic mass is 9.90. The van der Waals surface area contributed by atoms with Gasteiger partial charge in [0.15, 0.2) is 11.5 Å². The molecule has 2 aliphatic rings. The Morgan fingerprint density at radius 1 is 1.24 bits per heavy atom. The van der Waals surface area contributed by atoms with Crippen molar-refractivity contribution >= 4 is 18.3 Å². The van der Waals surface area contributed by atoms with Gasteiger partial charge >= 0.3 is 0 Å². The Balaban J connectivity index is 0.00000161. The van der Waals surface area contributed by atoms with Crippen molar-refractivity contribution in [2.75, 3.05) is 26.3 Å². The second-order valence-electron chi connectivity index (χ2n) is 5.59. The number of benzene rings is 1. The molecule has 0 saturated carbocycles. The molecule has 1 aromatic carbocycles. The number of hydrogen-bond donors (Lipinski definition) is 2. The molecule has 0 aliphatic carbocycles. The number of carbonyl (C=O) groups excluding carboxylic acids is 1. The molecule has 116 valence electrons. The van der Waals surface area contributed by atoms with E-state index in [0.29, 0.717) is 30.3 Å². The Labute approximate surface area is 130 Å². The first-order valence-corrected chi connectivity index (χ1v) is 7.10. The van der Waals surface area contributed by atoms with Crippen molar-refractivity contribution in [3.63, 3.8) is 0 Å².